The summed E-state index contributed by atoms with van der Waals surface area (Å²) in [5.41, 5.74) is 2.88. The molecule has 1 amide bonds. The summed E-state index contributed by atoms with van der Waals surface area (Å²) in [6, 6.07) is 14.1. The first-order valence-corrected chi connectivity index (χ1v) is 8.21. The predicted octanol–water partition coefficient (Wildman–Crippen LogP) is 4.05. The van der Waals surface area contributed by atoms with Crippen LogP contribution in [0.25, 0.3) is 0 Å². The molecule has 25 heavy (non-hydrogen) atoms. The number of aliphatic carboxylic acids is 1. The second kappa shape index (κ2) is 8.44. The molecule has 132 valence electrons. The van der Waals surface area contributed by atoms with Gasteiger partial charge in [0.2, 0.25) is 0 Å². The highest BCUT2D eigenvalue weighted by Crippen LogP contribution is 2.19. The molecule has 2 N–H and O–H groups in total. The number of nitrogens with one attached hydrogen (secondary N) is 1. The number of amides is 1. The van der Waals surface area contributed by atoms with E-state index in [4.69, 9.17) is 9.84 Å². The first-order chi connectivity index (χ1) is 11.9. The fraction of sp³-hybridized carbons (Fsp3) is 0.300. The number of ether oxygens (including phenoxy) is 1. The van der Waals surface area contributed by atoms with Crippen molar-refractivity contribution in [2.24, 2.45) is 0 Å². The first-order valence-electron chi connectivity index (χ1n) is 8.21. The first kappa shape index (κ1) is 18.7. The van der Waals surface area contributed by atoms with E-state index in [2.05, 4.69) is 5.32 Å². The largest absolute Gasteiger partial charge is 0.481 e. The van der Waals surface area contributed by atoms with Crippen molar-refractivity contribution in [3.63, 3.8) is 0 Å². The molecule has 0 aliphatic carbocycles. The van der Waals surface area contributed by atoms with Crippen LogP contribution in [-0.2, 0) is 16.1 Å². The summed E-state index contributed by atoms with van der Waals surface area (Å²) >= 11 is 0. The van der Waals surface area contributed by atoms with Crippen LogP contribution in [0.5, 0.6) is 0 Å². The molecule has 0 heterocycles. The highest BCUT2D eigenvalue weighted by atomic mass is 16.5. The van der Waals surface area contributed by atoms with Gasteiger partial charge in [0.15, 0.2) is 0 Å². The molecule has 1 atom stereocenters. The van der Waals surface area contributed by atoms with E-state index >= 15 is 0 Å². The minimum absolute atomic E-state index is 0.162. The molecule has 0 fully saturated rings. The zero-order chi connectivity index (χ0) is 18.4. The molecule has 0 aliphatic heterocycles. The number of benzene rings is 2. The predicted molar refractivity (Wildman–Crippen MR) is 96.8 cm³/mol. The van der Waals surface area contributed by atoms with Crippen molar-refractivity contribution < 1.29 is 19.4 Å². The normalized spacial score (nSPS) is 12.0. The third-order valence-electron chi connectivity index (χ3n) is 3.84. The van der Waals surface area contributed by atoms with Crippen LogP contribution in [0.3, 0.4) is 0 Å². The van der Waals surface area contributed by atoms with Crippen LogP contribution < -0.4 is 5.32 Å². The van der Waals surface area contributed by atoms with Crippen LogP contribution in [0.1, 0.15) is 48.2 Å². The Labute approximate surface area is 147 Å². The average molecular weight is 341 g/mol. The SMILES string of the molecule is CC(C)OCc1ccc(C(=O)Nc2ccc(C(C)C(=O)O)cc2)cc1. The number of rotatable bonds is 7. The van der Waals surface area contributed by atoms with Crippen LogP contribution >= 0.6 is 0 Å². The molecule has 5 heteroatoms. The lowest BCUT2D eigenvalue weighted by Gasteiger charge is -2.10. The Morgan fingerprint density at radius 3 is 2.12 bits per heavy atom. The molecule has 0 aromatic heterocycles. The molecule has 0 radical (unpaired) electrons. The van der Waals surface area contributed by atoms with Crippen LogP contribution in [0.2, 0.25) is 0 Å². The topological polar surface area (TPSA) is 75.6 Å². The Hall–Kier alpha value is -2.66. The maximum Gasteiger partial charge on any atom is 0.310 e. The van der Waals surface area contributed by atoms with Crippen molar-refractivity contribution in [3.05, 3.63) is 65.2 Å². The quantitative estimate of drug-likeness (QED) is 0.796. The molecule has 0 aliphatic rings. The summed E-state index contributed by atoms with van der Waals surface area (Å²) in [5, 5.41) is 11.8. The van der Waals surface area contributed by atoms with Gasteiger partial charge in [0, 0.05) is 11.3 Å². The standard InChI is InChI=1S/C20H23NO4/c1-13(2)25-12-15-4-6-17(7-5-15)19(22)21-18-10-8-16(9-11-18)14(3)20(23)24/h4-11,13-14H,12H2,1-3H3,(H,21,22)(H,23,24). The van der Waals surface area contributed by atoms with Crippen molar-refractivity contribution in [1.29, 1.82) is 0 Å². The molecular weight excluding hydrogens is 318 g/mol. The average Bonchev–Trinajstić information content (AvgIpc) is 2.60. The van der Waals surface area contributed by atoms with Gasteiger partial charge in [-0.2, -0.15) is 0 Å². The third-order valence-corrected chi connectivity index (χ3v) is 3.84. The maximum atomic E-state index is 12.3. The number of hydrogen-bond acceptors (Lipinski definition) is 3. The minimum atomic E-state index is -0.877. The lowest BCUT2D eigenvalue weighted by molar-refractivity contribution is -0.138. The Bertz CT molecular complexity index is 720. The van der Waals surface area contributed by atoms with Gasteiger partial charge in [0.25, 0.3) is 5.91 Å². The fourth-order valence-electron chi connectivity index (χ4n) is 2.22. The van der Waals surface area contributed by atoms with Gasteiger partial charge in [-0.1, -0.05) is 24.3 Å². The summed E-state index contributed by atoms with van der Waals surface area (Å²) in [7, 11) is 0. The van der Waals surface area contributed by atoms with Gasteiger partial charge < -0.3 is 15.2 Å². The molecule has 2 aromatic rings. The zero-order valence-electron chi connectivity index (χ0n) is 14.7. The molecule has 1 unspecified atom stereocenters. The number of carbonyl (C=O) groups excluding carboxylic acids is 1. The fourth-order valence-corrected chi connectivity index (χ4v) is 2.22. The van der Waals surface area contributed by atoms with E-state index in [1.807, 2.05) is 26.0 Å². The summed E-state index contributed by atoms with van der Waals surface area (Å²) in [4.78, 5) is 23.3. The number of carboxylic acids is 1. The summed E-state index contributed by atoms with van der Waals surface area (Å²) < 4.78 is 5.53. The van der Waals surface area contributed by atoms with Crippen LogP contribution in [0.15, 0.2) is 48.5 Å². The lowest BCUT2D eigenvalue weighted by atomic mass is 10.0. The van der Waals surface area contributed by atoms with E-state index in [9.17, 15) is 9.59 Å². The van der Waals surface area contributed by atoms with Gasteiger partial charge in [-0.3, -0.25) is 9.59 Å². The van der Waals surface area contributed by atoms with Crippen LogP contribution in [-0.4, -0.2) is 23.1 Å². The number of carbonyl (C=O) groups is 2. The number of anilines is 1. The van der Waals surface area contributed by atoms with Crippen molar-refractivity contribution in [2.45, 2.75) is 39.4 Å². The number of carboxylic acid groups (broad SMARTS) is 1. The molecule has 5 nitrogen and oxygen atoms in total. The molecule has 0 bridgehead atoms. The maximum absolute atomic E-state index is 12.3. The van der Waals surface area contributed by atoms with Gasteiger partial charge in [-0.25, -0.2) is 0 Å². The Morgan fingerprint density at radius 2 is 1.60 bits per heavy atom. The zero-order valence-corrected chi connectivity index (χ0v) is 14.7. The second-order valence-electron chi connectivity index (χ2n) is 6.19. The minimum Gasteiger partial charge on any atom is -0.481 e. The second-order valence-corrected chi connectivity index (χ2v) is 6.19. The molecule has 0 saturated carbocycles. The van der Waals surface area contributed by atoms with E-state index < -0.39 is 11.9 Å². The molecule has 0 spiro atoms. The molecule has 0 saturated heterocycles. The van der Waals surface area contributed by atoms with E-state index in [-0.39, 0.29) is 12.0 Å². The Morgan fingerprint density at radius 1 is 1.00 bits per heavy atom. The van der Waals surface area contributed by atoms with Crippen molar-refractivity contribution in [2.75, 3.05) is 5.32 Å². The highest BCUT2D eigenvalue weighted by molar-refractivity contribution is 6.04. The van der Waals surface area contributed by atoms with Crippen LogP contribution in [0, 0.1) is 0 Å². The van der Waals surface area contributed by atoms with E-state index in [0.717, 1.165) is 5.56 Å². The van der Waals surface area contributed by atoms with E-state index in [0.29, 0.717) is 23.4 Å². The van der Waals surface area contributed by atoms with Gasteiger partial charge in [0.1, 0.15) is 0 Å². The van der Waals surface area contributed by atoms with Gasteiger partial charge in [-0.05, 0) is 56.2 Å². The van der Waals surface area contributed by atoms with Crippen LogP contribution in [0.4, 0.5) is 5.69 Å². The van der Waals surface area contributed by atoms with Gasteiger partial charge in [0.05, 0.1) is 18.6 Å². The van der Waals surface area contributed by atoms with Gasteiger partial charge in [-0.15, -0.1) is 0 Å². The highest BCUT2D eigenvalue weighted by Gasteiger charge is 2.13. The third kappa shape index (κ3) is 5.43. The van der Waals surface area contributed by atoms with E-state index in [1.54, 1.807) is 43.3 Å². The molecule has 2 aromatic carbocycles. The molecule has 2 rings (SSSR count). The summed E-state index contributed by atoms with van der Waals surface area (Å²) in [6.45, 7) is 6.10. The lowest BCUT2D eigenvalue weighted by Crippen LogP contribution is -2.12. The van der Waals surface area contributed by atoms with Crippen molar-refractivity contribution in [1.82, 2.24) is 0 Å². The monoisotopic (exact) mass is 341 g/mol. The molecular formula is C20H23NO4. The smallest absolute Gasteiger partial charge is 0.310 e. The van der Waals surface area contributed by atoms with E-state index in [1.165, 1.54) is 0 Å². The van der Waals surface area contributed by atoms with Crippen molar-refractivity contribution >= 4 is 17.6 Å². The Kier molecular flexibility index (Phi) is 6.31. The summed E-state index contributed by atoms with van der Waals surface area (Å²) in [5.74, 6) is -1.67. The van der Waals surface area contributed by atoms with Gasteiger partial charge >= 0.3 is 5.97 Å². The summed E-state index contributed by atoms with van der Waals surface area (Å²) in [6.07, 6.45) is 0.162. The Balaban J connectivity index is 1.98. The number of hydrogen-bond donors (Lipinski definition) is 2. The van der Waals surface area contributed by atoms with Crippen molar-refractivity contribution in [3.8, 4) is 0 Å².